The van der Waals surface area contributed by atoms with Crippen LogP contribution in [-0.2, 0) is 19.1 Å². The highest BCUT2D eigenvalue weighted by molar-refractivity contribution is 5.79. The van der Waals surface area contributed by atoms with Crippen LogP contribution >= 0.6 is 0 Å². The molecule has 1 aliphatic rings. The van der Waals surface area contributed by atoms with Gasteiger partial charge in [-0.15, -0.1) is 0 Å². The summed E-state index contributed by atoms with van der Waals surface area (Å²) in [6, 6.07) is 15.8. The van der Waals surface area contributed by atoms with E-state index in [9.17, 15) is 14.4 Å². The van der Waals surface area contributed by atoms with E-state index >= 15 is 0 Å². The number of fused-ring (bicyclic) bond motifs is 3. The zero-order valence-electron chi connectivity index (χ0n) is 18.9. The van der Waals surface area contributed by atoms with Gasteiger partial charge in [0.1, 0.15) is 6.61 Å². The van der Waals surface area contributed by atoms with E-state index in [0.29, 0.717) is 6.42 Å². The van der Waals surface area contributed by atoms with Gasteiger partial charge in [0, 0.05) is 38.5 Å². The molecule has 0 aliphatic heterocycles. The third-order valence-corrected chi connectivity index (χ3v) is 5.88. The second kappa shape index (κ2) is 11.5. The Balaban J connectivity index is 1.49. The van der Waals surface area contributed by atoms with Crippen molar-refractivity contribution >= 4 is 18.0 Å². The molecule has 0 aromatic heterocycles. The lowest BCUT2D eigenvalue weighted by Gasteiger charge is -2.19. The summed E-state index contributed by atoms with van der Waals surface area (Å²) < 4.78 is 10.4. The van der Waals surface area contributed by atoms with Gasteiger partial charge in [-0.05, 0) is 28.7 Å². The van der Waals surface area contributed by atoms with Gasteiger partial charge in [-0.25, -0.2) is 9.59 Å². The largest absolute Gasteiger partial charge is 0.479 e. The first-order valence-electron chi connectivity index (χ1n) is 11.1. The van der Waals surface area contributed by atoms with Crippen LogP contribution in [0.25, 0.3) is 11.1 Å². The van der Waals surface area contributed by atoms with E-state index in [0.717, 1.165) is 22.3 Å². The van der Waals surface area contributed by atoms with Crippen molar-refractivity contribution in [1.29, 1.82) is 0 Å². The number of ether oxygens (including phenoxy) is 2. The Bertz CT molecular complexity index is 947. The topological polar surface area (TPSA) is 114 Å². The molecule has 2 aromatic carbocycles. The lowest BCUT2D eigenvalue weighted by atomic mass is 9.98. The monoisotopic (exact) mass is 454 g/mol. The second-order valence-corrected chi connectivity index (χ2v) is 7.98. The molecule has 0 saturated carbocycles. The fourth-order valence-corrected chi connectivity index (χ4v) is 4.08. The van der Waals surface area contributed by atoms with E-state index in [2.05, 4.69) is 34.9 Å². The number of methoxy groups -OCH3 is 1. The zero-order chi connectivity index (χ0) is 23.8. The number of carboxylic acids is 1. The smallest absolute Gasteiger partial charge is 0.407 e. The molecule has 33 heavy (non-hydrogen) atoms. The van der Waals surface area contributed by atoms with Crippen molar-refractivity contribution in [2.45, 2.75) is 44.2 Å². The Hall–Kier alpha value is -3.39. The maximum absolute atomic E-state index is 12.4. The summed E-state index contributed by atoms with van der Waals surface area (Å²) in [5.41, 5.74) is 4.58. The third kappa shape index (κ3) is 6.10. The van der Waals surface area contributed by atoms with Crippen molar-refractivity contribution in [2.75, 3.05) is 20.3 Å². The van der Waals surface area contributed by atoms with E-state index < -0.39 is 24.2 Å². The van der Waals surface area contributed by atoms with Gasteiger partial charge in [-0.1, -0.05) is 55.5 Å². The number of benzene rings is 2. The van der Waals surface area contributed by atoms with Gasteiger partial charge in [-0.2, -0.15) is 0 Å². The summed E-state index contributed by atoms with van der Waals surface area (Å²) >= 11 is 0. The van der Waals surface area contributed by atoms with Gasteiger partial charge < -0.3 is 25.2 Å². The van der Waals surface area contributed by atoms with E-state index in [-0.39, 0.29) is 37.8 Å². The predicted molar refractivity (Wildman–Crippen MR) is 123 cm³/mol. The molecule has 0 radical (unpaired) electrons. The lowest BCUT2D eigenvalue weighted by molar-refractivity contribution is -0.149. The van der Waals surface area contributed by atoms with Gasteiger partial charge in [-0.3, -0.25) is 4.79 Å². The fourth-order valence-electron chi connectivity index (χ4n) is 4.08. The van der Waals surface area contributed by atoms with E-state index in [1.165, 1.54) is 7.11 Å². The van der Waals surface area contributed by atoms with Crippen LogP contribution in [0.4, 0.5) is 4.79 Å². The molecule has 8 heteroatoms. The molecule has 1 aliphatic carbocycles. The Morgan fingerprint density at radius 1 is 1.03 bits per heavy atom. The van der Waals surface area contributed by atoms with E-state index in [1.807, 2.05) is 31.2 Å². The SMILES string of the molecule is CCC(CC(=O)NCCC(OC)C(=O)O)NC(=O)OCC1c2ccccc2-c2ccccc21. The Morgan fingerprint density at radius 3 is 2.18 bits per heavy atom. The number of carboxylic acid groups (broad SMARTS) is 1. The minimum atomic E-state index is -1.07. The molecule has 0 fully saturated rings. The highest BCUT2D eigenvalue weighted by atomic mass is 16.5. The molecule has 0 heterocycles. The molecule has 3 rings (SSSR count). The standard InChI is InChI=1S/C25H30N2O6/c1-3-16(14-23(28)26-13-12-22(32-2)24(29)30)27-25(31)33-15-21-19-10-6-4-8-17(19)18-9-5-7-11-20(18)21/h4-11,16,21-22H,3,12-15H2,1-2H3,(H,26,28)(H,27,31)(H,29,30). The summed E-state index contributed by atoms with van der Waals surface area (Å²) in [5, 5.41) is 14.4. The lowest BCUT2D eigenvalue weighted by Crippen LogP contribution is -2.40. The summed E-state index contributed by atoms with van der Waals surface area (Å²) in [5.74, 6) is -1.38. The highest BCUT2D eigenvalue weighted by Crippen LogP contribution is 2.44. The number of carbonyl (C=O) groups is 3. The Kier molecular flexibility index (Phi) is 8.43. The van der Waals surface area contributed by atoms with Gasteiger partial charge in [0.15, 0.2) is 6.10 Å². The minimum absolute atomic E-state index is 0.0329. The fraction of sp³-hybridized carbons (Fsp3) is 0.400. The number of aliphatic carboxylic acids is 1. The number of carbonyl (C=O) groups excluding carboxylic acids is 2. The van der Waals surface area contributed by atoms with Crippen molar-refractivity contribution < 1.29 is 29.0 Å². The number of hydrogen-bond donors (Lipinski definition) is 3. The molecule has 176 valence electrons. The van der Waals surface area contributed by atoms with Crippen LogP contribution in [0.3, 0.4) is 0 Å². The summed E-state index contributed by atoms with van der Waals surface area (Å²) in [4.78, 5) is 35.6. The molecule has 2 atom stereocenters. The molecule has 0 bridgehead atoms. The molecule has 2 unspecified atom stereocenters. The van der Waals surface area contributed by atoms with Gasteiger partial charge in [0.25, 0.3) is 0 Å². The molecule has 2 amide bonds. The first kappa shape index (κ1) is 24.3. The van der Waals surface area contributed by atoms with Crippen LogP contribution in [0.1, 0.15) is 43.2 Å². The zero-order valence-corrected chi connectivity index (χ0v) is 18.9. The molecular weight excluding hydrogens is 424 g/mol. The van der Waals surface area contributed by atoms with Crippen LogP contribution in [0.5, 0.6) is 0 Å². The third-order valence-electron chi connectivity index (χ3n) is 5.88. The molecule has 8 nitrogen and oxygen atoms in total. The molecule has 0 saturated heterocycles. The first-order valence-corrected chi connectivity index (χ1v) is 11.1. The van der Waals surface area contributed by atoms with Gasteiger partial charge in [0.2, 0.25) is 5.91 Å². The van der Waals surface area contributed by atoms with Crippen molar-refractivity contribution in [3.05, 3.63) is 59.7 Å². The van der Waals surface area contributed by atoms with Crippen LogP contribution < -0.4 is 10.6 Å². The number of rotatable bonds is 11. The number of nitrogens with one attached hydrogen (secondary N) is 2. The minimum Gasteiger partial charge on any atom is -0.479 e. The predicted octanol–water partition coefficient (Wildman–Crippen LogP) is 3.30. The normalized spacial score (nSPS) is 14.0. The van der Waals surface area contributed by atoms with Crippen LogP contribution in [-0.4, -0.2) is 55.5 Å². The average molecular weight is 455 g/mol. The first-order chi connectivity index (χ1) is 15.9. The Morgan fingerprint density at radius 2 is 1.64 bits per heavy atom. The summed E-state index contributed by atoms with van der Waals surface area (Å²) in [6.45, 7) is 2.24. The molecule has 3 N–H and O–H groups in total. The quantitative estimate of drug-likeness (QED) is 0.480. The molecule has 0 spiro atoms. The summed E-state index contributed by atoms with van der Waals surface area (Å²) in [7, 11) is 1.31. The highest BCUT2D eigenvalue weighted by Gasteiger charge is 2.29. The van der Waals surface area contributed by atoms with Crippen LogP contribution in [0.2, 0.25) is 0 Å². The van der Waals surface area contributed by atoms with Gasteiger partial charge in [0.05, 0.1) is 0 Å². The maximum atomic E-state index is 12.4. The van der Waals surface area contributed by atoms with Crippen molar-refractivity contribution in [2.24, 2.45) is 0 Å². The van der Waals surface area contributed by atoms with E-state index in [4.69, 9.17) is 14.6 Å². The number of amides is 2. The van der Waals surface area contributed by atoms with Crippen LogP contribution in [0.15, 0.2) is 48.5 Å². The number of alkyl carbamates (subject to hydrolysis) is 1. The maximum Gasteiger partial charge on any atom is 0.407 e. The van der Waals surface area contributed by atoms with Crippen molar-refractivity contribution in [3.8, 4) is 11.1 Å². The van der Waals surface area contributed by atoms with Crippen molar-refractivity contribution in [3.63, 3.8) is 0 Å². The average Bonchev–Trinajstić information content (AvgIpc) is 3.13. The molecular formula is C25H30N2O6. The number of hydrogen-bond acceptors (Lipinski definition) is 5. The molecule has 2 aromatic rings. The Labute approximate surface area is 193 Å². The van der Waals surface area contributed by atoms with Crippen molar-refractivity contribution in [1.82, 2.24) is 10.6 Å². The second-order valence-electron chi connectivity index (χ2n) is 7.98. The van der Waals surface area contributed by atoms with Gasteiger partial charge >= 0.3 is 12.1 Å². The summed E-state index contributed by atoms with van der Waals surface area (Å²) in [6.07, 6.45) is -0.749. The van der Waals surface area contributed by atoms with E-state index in [1.54, 1.807) is 0 Å². The van der Waals surface area contributed by atoms with Crippen LogP contribution in [0, 0.1) is 0 Å².